The van der Waals surface area contributed by atoms with Gasteiger partial charge in [0.1, 0.15) is 24.3 Å². The summed E-state index contributed by atoms with van der Waals surface area (Å²) in [5.74, 6) is 0. The number of hydrogen-bond donors (Lipinski definition) is 0. The molecule has 9 aromatic carbocycles. The van der Waals surface area contributed by atoms with Gasteiger partial charge < -0.3 is 14.0 Å². The van der Waals surface area contributed by atoms with Crippen LogP contribution in [0.25, 0.3) is 77.2 Å². The molecule has 7 nitrogen and oxygen atoms in total. The highest BCUT2D eigenvalue weighted by molar-refractivity contribution is 6.13. The van der Waals surface area contributed by atoms with E-state index in [0.29, 0.717) is 33.6 Å². The first-order chi connectivity index (χ1) is 32.1. The van der Waals surface area contributed by atoms with Crippen LogP contribution in [0.4, 0.5) is 17.1 Å². The predicted molar refractivity (Wildman–Crippen MR) is 260 cm³/mol. The molecule has 2 aromatic heterocycles. The molecule has 0 saturated carbocycles. The van der Waals surface area contributed by atoms with Crippen molar-refractivity contribution in [1.29, 1.82) is 21.0 Å². The van der Waals surface area contributed by atoms with Gasteiger partial charge in [-0.05, 0) is 107 Å². The molecule has 0 saturated heterocycles. The summed E-state index contributed by atoms with van der Waals surface area (Å²) in [5, 5.41) is 44.9. The van der Waals surface area contributed by atoms with Crippen molar-refractivity contribution in [3.63, 3.8) is 0 Å². The molecular formula is C58H33N7. The van der Waals surface area contributed by atoms with E-state index in [1.165, 1.54) is 5.56 Å². The molecular weight excluding hydrogens is 795 g/mol. The summed E-state index contributed by atoms with van der Waals surface area (Å²) in [6.07, 6.45) is 0. The highest BCUT2D eigenvalue weighted by Crippen LogP contribution is 2.44. The quantitative estimate of drug-likeness (QED) is 0.159. The highest BCUT2D eigenvalue weighted by Gasteiger charge is 2.23. The molecule has 0 aliphatic heterocycles. The standard InChI is InChI=1S/C58H33N7/c59-34-42-12-8-13-43(35-60)57(42)64-53-18-6-4-16-49(53)51-32-47(28-30-55(51)64)63(46-26-24-41(25-27-46)40-22-20-39(21-23-40)38-10-2-1-3-11-38)48-29-31-56-52(33-48)50-17-5-7-19-54(50)65(56)58-44(36-61)14-9-15-45(58)37-62/h1-33H. The molecule has 0 bridgehead atoms. The molecule has 300 valence electrons. The molecule has 0 spiro atoms. The lowest BCUT2D eigenvalue weighted by Crippen LogP contribution is -2.10. The minimum atomic E-state index is 0.416. The third kappa shape index (κ3) is 6.25. The van der Waals surface area contributed by atoms with Crippen LogP contribution < -0.4 is 4.90 Å². The zero-order valence-corrected chi connectivity index (χ0v) is 34.7. The van der Waals surface area contributed by atoms with E-state index in [-0.39, 0.29) is 0 Å². The van der Waals surface area contributed by atoms with E-state index >= 15 is 0 Å². The molecule has 7 heteroatoms. The van der Waals surface area contributed by atoms with Gasteiger partial charge in [0, 0.05) is 38.6 Å². The van der Waals surface area contributed by atoms with Gasteiger partial charge in [-0.2, -0.15) is 21.0 Å². The summed E-state index contributed by atoms with van der Waals surface area (Å²) in [6, 6.07) is 76.3. The zero-order chi connectivity index (χ0) is 44.0. The largest absolute Gasteiger partial charge is 0.310 e. The van der Waals surface area contributed by atoms with Gasteiger partial charge in [-0.3, -0.25) is 0 Å². The van der Waals surface area contributed by atoms with Gasteiger partial charge in [-0.1, -0.05) is 115 Å². The number of benzene rings is 9. The molecule has 11 rings (SSSR count). The summed E-state index contributed by atoms with van der Waals surface area (Å²) >= 11 is 0. The van der Waals surface area contributed by atoms with Crippen molar-refractivity contribution in [2.45, 2.75) is 0 Å². The number of nitrogens with zero attached hydrogens (tertiary/aromatic N) is 7. The van der Waals surface area contributed by atoms with Crippen LogP contribution in [0.15, 0.2) is 200 Å². The van der Waals surface area contributed by atoms with Gasteiger partial charge in [0.25, 0.3) is 0 Å². The Morgan fingerprint density at radius 1 is 0.292 bits per heavy atom. The van der Waals surface area contributed by atoms with E-state index in [9.17, 15) is 21.0 Å². The van der Waals surface area contributed by atoms with Crippen LogP contribution in [0.5, 0.6) is 0 Å². The lowest BCUT2D eigenvalue weighted by atomic mass is 10.00. The maximum absolute atomic E-state index is 10.3. The van der Waals surface area contributed by atoms with Crippen molar-refractivity contribution in [2.24, 2.45) is 0 Å². The van der Waals surface area contributed by atoms with Crippen molar-refractivity contribution < 1.29 is 0 Å². The smallest absolute Gasteiger partial charge is 0.101 e. The van der Waals surface area contributed by atoms with Crippen molar-refractivity contribution >= 4 is 60.7 Å². The van der Waals surface area contributed by atoms with E-state index in [1.807, 2.05) is 51.6 Å². The van der Waals surface area contributed by atoms with Gasteiger partial charge in [-0.15, -0.1) is 0 Å². The second-order valence-electron chi connectivity index (χ2n) is 15.8. The molecule has 0 radical (unpaired) electrons. The lowest BCUT2D eigenvalue weighted by molar-refractivity contribution is 1.15. The summed E-state index contributed by atoms with van der Waals surface area (Å²) in [4.78, 5) is 2.24. The Hall–Kier alpha value is -9.66. The maximum Gasteiger partial charge on any atom is 0.101 e. The van der Waals surface area contributed by atoms with E-state index in [2.05, 4.69) is 151 Å². The molecule has 0 N–H and O–H groups in total. The first-order valence-corrected chi connectivity index (χ1v) is 21.1. The van der Waals surface area contributed by atoms with Gasteiger partial charge in [0.05, 0.1) is 55.7 Å². The Morgan fingerprint density at radius 2 is 0.631 bits per heavy atom. The van der Waals surface area contributed by atoms with Crippen LogP contribution in [0, 0.1) is 45.3 Å². The fraction of sp³-hybridized carbons (Fsp3) is 0. The molecule has 0 aliphatic carbocycles. The average Bonchev–Trinajstić information content (AvgIpc) is 3.88. The zero-order valence-electron chi connectivity index (χ0n) is 34.7. The Labute approximate surface area is 374 Å². The minimum Gasteiger partial charge on any atom is -0.310 e. The van der Waals surface area contributed by atoms with Gasteiger partial charge >= 0.3 is 0 Å². The second kappa shape index (κ2) is 15.7. The average molecular weight is 828 g/mol. The number of rotatable bonds is 7. The van der Waals surface area contributed by atoms with Crippen LogP contribution in [-0.4, -0.2) is 9.13 Å². The van der Waals surface area contributed by atoms with Crippen molar-refractivity contribution in [3.8, 4) is 57.9 Å². The third-order valence-electron chi connectivity index (χ3n) is 12.3. The van der Waals surface area contributed by atoms with E-state index < -0.39 is 0 Å². The fourth-order valence-corrected chi connectivity index (χ4v) is 9.35. The number of hydrogen-bond acceptors (Lipinski definition) is 5. The summed E-state index contributed by atoms with van der Waals surface area (Å²) in [7, 11) is 0. The van der Waals surface area contributed by atoms with Gasteiger partial charge in [0.2, 0.25) is 0 Å². The number of nitriles is 4. The number of para-hydroxylation sites is 4. The minimum absolute atomic E-state index is 0.416. The monoisotopic (exact) mass is 827 g/mol. The molecule has 0 fully saturated rings. The highest BCUT2D eigenvalue weighted by atomic mass is 15.1. The number of fused-ring (bicyclic) bond motifs is 6. The van der Waals surface area contributed by atoms with Crippen LogP contribution in [0.2, 0.25) is 0 Å². The normalized spacial score (nSPS) is 11.0. The van der Waals surface area contributed by atoms with E-state index in [1.54, 1.807) is 36.4 Å². The predicted octanol–water partition coefficient (Wildman–Crippen LogP) is 14.2. The Morgan fingerprint density at radius 3 is 1.05 bits per heavy atom. The van der Waals surface area contributed by atoms with Crippen LogP contribution >= 0.6 is 0 Å². The third-order valence-corrected chi connectivity index (χ3v) is 12.3. The molecule has 0 aliphatic rings. The van der Waals surface area contributed by atoms with E-state index in [4.69, 9.17) is 0 Å². The van der Waals surface area contributed by atoms with Gasteiger partial charge in [0.15, 0.2) is 0 Å². The van der Waals surface area contributed by atoms with Gasteiger partial charge in [-0.25, -0.2) is 0 Å². The molecule has 11 aromatic rings. The van der Waals surface area contributed by atoms with Crippen molar-refractivity contribution in [1.82, 2.24) is 9.13 Å². The first kappa shape index (κ1) is 38.3. The van der Waals surface area contributed by atoms with Crippen molar-refractivity contribution in [2.75, 3.05) is 4.90 Å². The van der Waals surface area contributed by atoms with Crippen molar-refractivity contribution in [3.05, 3.63) is 222 Å². The van der Waals surface area contributed by atoms with Crippen LogP contribution in [0.1, 0.15) is 22.3 Å². The van der Waals surface area contributed by atoms with E-state index in [0.717, 1.165) is 77.4 Å². The first-order valence-electron chi connectivity index (χ1n) is 21.1. The van der Waals surface area contributed by atoms with Crippen LogP contribution in [0.3, 0.4) is 0 Å². The SMILES string of the molecule is N#Cc1cccc(C#N)c1-n1c2ccccc2c2cc(N(c3ccc(-c4ccc(-c5ccccc5)cc4)cc3)c3ccc4c(c3)c3ccccc3n4-c3c(C#N)cccc3C#N)ccc21. The maximum atomic E-state index is 10.3. The fourth-order valence-electron chi connectivity index (χ4n) is 9.35. The Bertz CT molecular complexity index is 3610. The number of aromatic nitrogens is 2. The molecule has 0 atom stereocenters. The Balaban J connectivity index is 1.12. The summed E-state index contributed by atoms with van der Waals surface area (Å²) in [6.45, 7) is 0. The molecule has 0 amide bonds. The topological polar surface area (TPSA) is 108 Å². The second-order valence-corrected chi connectivity index (χ2v) is 15.8. The molecule has 65 heavy (non-hydrogen) atoms. The Kier molecular flexibility index (Phi) is 9.23. The number of anilines is 3. The summed E-state index contributed by atoms with van der Waals surface area (Å²) < 4.78 is 4.06. The lowest BCUT2D eigenvalue weighted by Gasteiger charge is -2.26. The molecule has 2 heterocycles. The summed E-state index contributed by atoms with van der Waals surface area (Å²) in [5.41, 5.74) is 13.5. The van der Waals surface area contributed by atoms with Crippen LogP contribution in [-0.2, 0) is 0 Å². The molecule has 0 unspecified atom stereocenters.